The van der Waals surface area contributed by atoms with Crippen LogP contribution in [-0.2, 0) is 6.42 Å². The van der Waals surface area contributed by atoms with Crippen LogP contribution in [0.25, 0.3) is 0 Å². The summed E-state index contributed by atoms with van der Waals surface area (Å²) >= 11 is -0.00895. The molecule has 2 aromatic carbocycles. The van der Waals surface area contributed by atoms with Gasteiger partial charge in [0.15, 0.2) is 7.14 Å². The van der Waals surface area contributed by atoms with Crippen LogP contribution >= 0.6 is 7.81 Å². The van der Waals surface area contributed by atoms with Crippen molar-refractivity contribution in [1.29, 1.82) is 0 Å². The maximum atomic E-state index is 9.87. The monoisotopic (exact) mass is 496 g/mol. The summed E-state index contributed by atoms with van der Waals surface area (Å²) in [5, 5.41) is 0. The molecule has 25 heavy (non-hydrogen) atoms. The first kappa shape index (κ1) is 22.2. The molecule has 0 spiro atoms. The van der Waals surface area contributed by atoms with Gasteiger partial charge in [0, 0.05) is 0 Å². The molecule has 0 saturated carbocycles. The van der Waals surface area contributed by atoms with E-state index in [4.69, 9.17) is 0 Å². The first-order chi connectivity index (χ1) is 11.2. The number of hydrogen-bond acceptors (Lipinski definition) is 0. The van der Waals surface area contributed by atoms with Crippen molar-refractivity contribution in [2.45, 2.75) is 26.7 Å². The summed E-state index contributed by atoms with van der Waals surface area (Å²) in [6.45, 7) is 4.59. The van der Waals surface area contributed by atoms with E-state index in [1.165, 1.54) is 25.5 Å². The Bertz CT molecular complexity index is 641. The summed E-state index contributed by atoms with van der Waals surface area (Å²) in [4.78, 5) is 0. The van der Waals surface area contributed by atoms with Gasteiger partial charge in [-0.2, -0.15) is 0 Å². The molecule has 0 bridgehead atoms. The van der Waals surface area contributed by atoms with Gasteiger partial charge in [0.25, 0.3) is 0 Å². The first-order valence-electron chi connectivity index (χ1n) is 7.58. The Labute approximate surface area is 154 Å². The van der Waals surface area contributed by atoms with Crippen molar-refractivity contribution in [3.8, 4) is 0 Å². The van der Waals surface area contributed by atoms with Gasteiger partial charge in [0.2, 0.25) is 0 Å². The molecular formula is C17H20F6IP. The number of halogens is 7. The number of hydrogen-bond donors (Lipinski definition) is 0. The molecule has 0 nitrogen and oxygen atoms in total. The van der Waals surface area contributed by atoms with Crippen LogP contribution < -0.4 is 21.2 Å². The van der Waals surface area contributed by atoms with Crippen molar-refractivity contribution in [3.63, 3.8) is 0 Å². The van der Waals surface area contributed by atoms with Crippen molar-refractivity contribution in [1.82, 2.24) is 0 Å². The van der Waals surface area contributed by atoms with Gasteiger partial charge in [0.1, 0.15) is 0 Å². The molecule has 1 unspecified atom stereocenters. The summed E-state index contributed by atoms with van der Waals surface area (Å²) in [6, 6.07) is 20.1. The minimum atomic E-state index is -10.7. The summed E-state index contributed by atoms with van der Waals surface area (Å²) in [6.07, 6.45) is 2.47. The van der Waals surface area contributed by atoms with E-state index in [2.05, 4.69) is 68.4 Å². The van der Waals surface area contributed by atoms with Crippen LogP contribution in [0.3, 0.4) is 0 Å². The van der Waals surface area contributed by atoms with Gasteiger partial charge in [-0.1, -0.05) is 50.6 Å². The van der Waals surface area contributed by atoms with Crippen LogP contribution in [0.5, 0.6) is 0 Å². The fourth-order valence-electron chi connectivity index (χ4n) is 1.83. The van der Waals surface area contributed by atoms with Gasteiger partial charge in [-0.25, -0.2) is 0 Å². The third-order valence-electron chi connectivity index (χ3n) is 3.15. The van der Waals surface area contributed by atoms with Crippen LogP contribution in [0.2, 0.25) is 0 Å². The second-order valence-corrected chi connectivity index (χ2v) is 10.6. The zero-order valence-electron chi connectivity index (χ0n) is 13.8. The standard InChI is InChI=1S/C17H20I.F6P/c1-3-14(2)13-15-9-11-17(12-10-15)18-16-7-5-4-6-8-16;1-7(2,3,4,5)6/h4-12,14H,3,13H2,1-2H3;/q+1;-1. The van der Waals surface area contributed by atoms with E-state index in [0.717, 1.165) is 5.92 Å². The average molecular weight is 496 g/mol. The quantitative estimate of drug-likeness (QED) is 0.318. The zero-order valence-corrected chi connectivity index (χ0v) is 16.8. The molecular weight excluding hydrogens is 476 g/mol. The van der Waals surface area contributed by atoms with E-state index in [0.29, 0.717) is 0 Å². The Morgan fingerprint density at radius 3 is 1.68 bits per heavy atom. The molecule has 0 radical (unpaired) electrons. The second-order valence-electron chi connectivity index (χ2n) is 5.69. The predicted molar refractivity (Wildman–Crippen MR) is 87.0 cm³/mol. The van der Waals surface area contributed by atoms with Crippen molar-refractivity contribution in [3.05, 3.63) is 67.3 Å². The van der Waals surface area contributed by atoms with Crippen LogP contribution in [0.15, 0.2) is 54.6 Å². The van der Waals surface area contributed by atoms with Crippen molar-refractivity contribution in [2.75, 3.05) is 0 Å². The third-order valence-corrected chi connectivity index (χ3v) is 5.83. The van der Waals surface area contributed by atoms with E-state index < -0.39 is 7.81 Å². The minimum absolute atomic E-state index is 0.00895. The molecule has 0 heterocycles. The van der Waals surface area contributed by atoms with Crippen molar-refractivity contribution < 1.29 is 46.4 Å². The normalized spacial score (nSPS) is 15.4. The third kappa shape index (κ3) is 14.1. The van der Waals surface area contributed by atoms with Crippen molar-refractivity contribution in [2.24, 2.45) is 5.92 Å². The molecule has 142 valence electrons. The molecule has 0 N–H and O–H groups in total. The van der Waals surface area contributed by atoms with Crippen molar-refractivity contribution >= 4 is 7.81 Å². The number of rotatable bonds is 5. The van der Waals surface area contributed by atoms with Gasteiger partial charge in [0.05, 0.1) is 0 Å². The SMILES string of the molecule is CCC(C)Cc1ccc([I+]c2ccccc2)cc1.F[P-](F)(F)(F)(F)F. The molecule has 0 saturated heterocycles. The fraction of sp³-hybridized carbons (Fsp3) is 0.294. The van der Waals surface area contributed by atoms with E-state index in [-0.39, 0.29) is 21.2 Å². The van der Waals surface area contributed by atoms with Crippen LogP contribution in [-0.4, -0.2) is 0 Å². The van der Waals surface area contributed by atoms with E-state index >= 15 is 0 Å². The van der Waals surface area contributed by atoms with Crippen LogP contribution in [0.1, 0.15) is 25.8 Å². The molecule has 2 aromatic rings. The van der Waals surface area contributed by atoms with Gasteiger partial charge >= 0.3 is 54.2 Å². The average Bonchev–Trinajstić information content (AvgIpc) is 2.47. The molecule has 0 fully saturated rings. The Hall–Kier alpha value is -0.820. The fourth-order valence-corrected chi connectivity index (χ4v) is 4.05. The first-order valence-corrected chi connectivity index (χ1v) is 11.8. The summed E-state index contributed by atoms with van der Waals surface area (Å²) in [5.74, 6) is 0.791. The van der Waals surface area contributed by atoms with Gasteiger partial charge < -0.3 is 0 Å². The summed E-state index contributed by atoms with van der Waals surface area (Å²) in [5.41, 5.74) is 1.48. The Morgan fingerprint density at radius 2 is 1.24 bits per heavy atom. The maximum absolute atomic E-state index is 10.7. The number of benzene rings is 2. The van der Waals surface area contributed by atoms with E-state index in [1.807, 2.05) is 0 Å². The molecule has 8 heteroatoms. The Morgan fingerprint density at radius 1 is 0.800 bits per heavy atom. The molecule has 0 aromatic heterocycles. The van der Waals surface area contributed by atoms with E-state index in [1.54, 1.807) is 0 Å². The van der Waals surface area contributed by atoms with Gasteiger partial charge in [-0.15, -0.1) is 0 Å². The van der Waals surface area contributed by atoms with E-state index in [9.17, 15) is 25.2 Å². The topological polar surface area (TPSA) is 0 Å². The molecule has 0 aliphatic heterocycles. The Balaban J connectivity index is 0.000000381. The predicted octanol–water partition coefficient (Wildman–Crippen LogP) is 4.79. The van der Waals surface area contributed by atoms with Gasteiger partial charge in [-0.05, 0) is 42.2 Å². The molecule has 2 rings (SSSR count). The second kappa shape index (κ2) is 7.82. The summed E-state index contributed by atoms with van der Waals surface area (Å²) in [7, 11) is -10.7. The van der Waals surface area contributed by atoms with Crippen LogP contribution in [0.4, 0.5) is 25.2 Å². The Kier molecular flexibility index (Phi) is 6.95. The zero-order chi connectivity index (χ0) is 19.2. The summed E-state index contributed by atoms with van der Waals surface area (Å²) < 4.78 is 62.2. The molecule has 0 aliphatic rings. The van der Waals surface area contributed by atoms with Crippen LogP contribution in [0, 0.1) is 13.1 Å². The molecule has 0 amide bonds. The molecule has 1 atom stereocenters. The van der Waals surface area contributed by atoms with Gasteiger partial charge in [-0.3, -0.25) is 0 Å². The molecule has 0 aliphatic carbocycles.